The first-order valence-corrected chi connectivity index (χ1v) is 11.7. The molecular formula is C29H34N2O2. The van der Waals surface area contributed by atoms with E-state index in [1.54, 1.807) is 4.90 Å². The lowest BCUT2D eigenvalue weighted by molar-refractivity contribution is -0.140. The Kier molecular flexibility index (Phi) is 8.82. The molecule has 3 aromatic rings. The van der Waals surface area contributed by atoms with E-state index < -0.39 is 6.04 Å². The highest BCUT2D eigenvalue weighted by molar-refractivity contribution is 5.87. The first-order valence-electron chi connectivity index (χ1n) is 11.7. The predicted octanol–water partition coefficient (Wildman–Crippen LogP) is 5.46. The van der Waals surface area contributed by atoms with E-state index >= 15 is 0 Å². The van der Waals surface area contributed by atoms with Gasteiger partial charge >= 0.3 is 0 Å². The van der Waals surface area contributed by atoms with Crippen molar-refractivity contribution in [3.8, 4) is 0 Å². The van der Waals surface area contributed by atoms with E-state index in [4.69, 9.17) is 0 Å². The van der Waals surface area contributed by atoms with Crippen LogP contribution in [0.3, 0.4) is 0 Å². The molecule has 33 heavy (non-hydrogen) atoms. The van der Waals surface area contributed by atoms with Gasteiger partial charge in [-0.05, 0) is 37.0 Å². The lowest BCUT2D eigenvalue weighted by Crippen LogP contribution is -2.48. The van der Waals surface area contributed by atoms with Gasteiger partial charge in [-0.15, -0.1) is 0 Å². The van der Waals surface area contributed by atoms with Crippen molar-refractivity contribution in [3.63, 3.8) is 0 Å². The smallest absolute Gasteiger partial charge is 0.242 e. The summed E-state index contributed by atoms with van der Waals surface area (Å²) in [5.74, 6) is -0.230. The Balaban J connectivity index is 1.89. The fourth-order valence-electron chi connectivity index (χ4n) is 3.96. The van der Waals surface area contributed by atoms with Gasteiger partial charge in [0.05, 0.1) is 0 Å². The third-order valence-corrected chi connectivity index (χ3v) is 5.97. The summed E-state index contributed by atoms with van der Waals surface area (Å²) >= 11 is 0. The zero-order valence-corrected chi connectivity index (χ0v) is 19.8. The van der Waals surface area contributed by atoms with Gasteiger partial charge in [0.1, 0.15) is 6.04 Å². The molecule has 3 aromatic carbocycles. The van der Waals surface area contributed by atoms with Crippen molar-refractivity contribution in [2.45, 2.75) is 52.1 Å². The lowest BCUT2D eigenvalue weighted by Gasteiger charge is -2.30. The molecule has 0 bridgehead atoms. The zero-order valence-electron chi connectivity index (χ0n) is 19.8. The third kappa shape index (κ3) is 6.79. The highest BCUT2D eigenvalue weighted by Crippen LogP contribution is 2.29. The van der Waals surface area contributed by atoms with Crippen LogP contribution in [0.25, 0.3) is 0 Å². The molecule has 172 valence electrons. The zero-order chi connectivity index (χ0) is 23.6. The predicted molar refractivity (Wildman–Crippen MR) is 134 cm³/mol. The van der Waals surface area contributed by atoms with E-state index in [0.29, 0.717) is 19.5 Å². The van der Waals surface area contributed by atoms with Gasteiger partial charge in [0.2, 0.25) is 11.8 Å². The first kappa shape index (κ1) is 24.2. The SMILES string of the molecule is CCCNC(=O)C(C)N(Cc1ccc(C)cc1)C(=O)CC(c1ccccc1)c1ccccc1. The van der Waals surface area contributed by atoms with E-state index in [0.717, 1.165) is 23.1 Å². The molecule has 0 aromatic heterocycles. The first-order chi connectivity index (χ1) is 16.0. The number of nitrogens with one attached hydrogen (secondary N) is 1. The Morgan fingerprint density at radius 1 is 0.848 bits per heavy atom. The van der Waals surface area contributed by atoms with Crippen molar-refractivity contribution < 1.29 is 9.59 Å². The van der Waals surface area contributed by atoms with Crippen LogP contribution in [0.4, 0.5) is 0 Å². The molecule has 0 saturated carbocycles. The molecule has 1 unspecified atom stereocenters. The van der Waals surface area contributed by atoms with Crippen LogP contribution in [-0.2, 0) is 16.1 Å². The van der Waals surface area contributed by atoms with Crippen molar-refractivity contribution in [2.75, 3.05) is 6.54 Å². The summed E-state index contributed by atoms with van der Waals surface area (Å²) in [7, 11) is 0. The quantitative estimate of drug-likeness (QED) is 0.453. The summed E-state index contributed by atoms with van der Waals surface area (Å²) in [6.07, 6.45) is 1.15. The largest absolute Gasteiger partial charge is 0.354 e. The molecule has 0 aliphatic rings. The molecule has 0 aliphatic carbocycles. The Labute approximate surface area is 197 Å². The van der Waals surface area contributed by atoms with Gasteiger partial charge in [0.15, 0.2) is 0 Å². The number of benzene rings is 3. The maximum atomic E-state index is 13.7. The maximum absolute atomic E-state index is 13.7. The van der Waals surface area contributed by atoms with Gasteiger partial charge in [-0.2, -0.15) is 0 Å². The average molecular weight is 443 g/mol. The summed E-state index contributed by atoms with van der Waals surface area (Å²) in [6, 6.07) is 27.8. The molecule has 0 spiro atoms. The summed E-state index contributed by atoms with van der Waals surface area (Å²) in [6.45, 7) is 6.88. The number of hydrogen-bond acceptors (Lipinski definition) is 2. The molecule has 0 saturated heterocycles. The minimum atomic E-state index is -0.558. The fourth-order valence-corrected chi connectivity index (χ4v) is 3.96. The third-order valence-electron chi connectivity index (χ3n) is 5.97. The fraction of sp³-hybridized carbons (Fsp3) is 0.310. The molecule has 0 aliphatic heterocycles. The van der Waals surface area contributed by atoms with Crippen LogP contribution in [-0.4, -0.2) is 29.3 Å². The molecule has 1 N–H and O–H groups in total. The molecule has 2 amide bonds. The van der Waals surface area contributed by atoms with Gasteiger partial charge in [-0.3, -0.25) is 9.59 Å². The number of carbonyl (C=O) groups excluding carboxylic acids is 2. The molecular weight excluding hydrogens is 408 g/mol. The summed E-state index contributed by atoms with van der Waals surface area (Å²) in [4.78, 5) is 28.3. The van der Waals surface area contributed by atoms with Gasteiger partial charge in [-0.25, -0.2) is 0 Å². The Hall–Kier alpha value is -3.40. The van der Waals surface area contributed by atoms with Gasteiger partial charge < -0.3 is 10.2 Å². The van der Waals surface area contributed by atoms with Crippen LogP contribution in [0.5, 0.6) is 0 Å². The van der Waals surface area contributed by atoms with E-state index in [1.807, 2.05) is 81.4 Å². The number of rotatable bonds is 10. The minimum Gasteiger partial charge on any atom is -0.354 e. The molecule has 3 rings (SSSR count). The molecule has 0 fully saturated rings. The van der Waals surface area contributed by atoms with Crippen LogP contribution in [0.2, 0.25) is 0 Å². The standard InChI is InChI=1S/C29H34N2O2/c1-4-19-30-29(33)23(3)31(21-24-17-15-22(2)16-18-24)28(32)20-27(25-11-7-5-8-12-25)26-13-9-6-10-14-26/h5-18,23,27H,4,19-21H2,1-3H3,(H,30,33). The topological polar surface area (TPSA) is 49.4 Å². The highest BCUT2D eigenvalue weighted by Gasteiger charge is 2.28. The number of nitrogens with zero attached hydrogens (tertiary/aromatic N) is 1. The number of carbonyl (C=O) groups is 2. The van der Waals surface area contributed by atoms with Crippen LogP contribution in [0, 0.1) is 6.92 Å². The normalized spacial score (nSPS) is 11.8. The van der Waals surface area contributed by atoms with Crippen LogP contribution in [0.15, 0.2) is 84.9 Å². The second kappa shape index (κ2) is 12.0. The summed E-state index contributed by atoms with van der Waals surface area (Å²) in [5, 5.41) is 2.95. The monoisotopic (exact) mass is 442 g/mol. The van der Waals surface area contributed by atoms with Gasteiger partial charge in [0.25, 0.3) is 0 Å². The Bertz CT molecular complexity index is 977. The van der Waals surface area contributed by atoms with Crippen LogP contribution in [0.1, 0.15) is 54.9 Å². The van der Waals surface area contributed by atoms with Crippen molar-refractivity contribution in [1.82, 2.24) is 10.2 Å². The molecule has 4 nitrogen and oxygen atoms in total. The highest BCUT2D eigenvalue weighted by atomic mass is 16.2. The van der Waals surface area contributed by atoms with Gasteiger partial charge in [0, 0.05) is 25.4 Å². The summed E-state index contributed by atoms with van der Waals surface area (Å²) in [5.41, 5.74) is 4.37. The van der Waals surface area contributed by atoms with Crippen molar-refractivity contribution in [2.24, 2.45) is 0 Å². The Morgan fingerprint density at radius 3 is 1.91 bits per heavy atom. The second-order valence-electron chi connectivity index (χ2n) is 8.55. The molecule has 0 radical (unpaired) electrons. The van der Waals surface area contributed by atoms with E-state index in [-0.39, 0.29) is 17.7 Å². The van der Waals surface area contributed by atoms with Crippen molar-refractivity contribution >= 4 is 11.8 Å². The second-order valence-corrected chi connectivity index (χ2v) is 8.55. The van der Waals surface area contributed by atoms with Crippen LogP contribution >= 0.6 is 0 Å². The lowest BCUT2D eigenvalue weighted by atomic mass is 9.88. The van der Waals surface area contributed by atoms with E-state index in [9.17, 15) is 9.59 Å². The minimum absolute atomic E-state index is 0.0348. The van der Waals surface area contributed by atoms with Crippen molar-refractivity contribution in [1.29, 1.82) is 0 Å². The van der Waals surface area contributed by atoms with Gasteiger partial charge in [-0.1, -0.05) is 97.4 Å². The average Bonchev–Trinajstić information content (AvgIpc) is 2.86. The van der Waals surface area contributed by atoms with E-state index in [1.165, 1.54) is 5.56 Å². The number of aryl methyl sites for hydroxylation is 1. The summed E-state index contributed by atoms with van der Waals surface area (Å²) < 4.78 is 0. The maximum Gasteiger partial charge on any atom is 0.242 e. The molecule has 0 heterocycles. The molecule has 1 atom stereocenters. The van der Waals surface area contributed by atoms with E-state index in [2.05, 4.69) is 29.6 Å². The van der Waals surface area contributed by atoms with Crippen molar-refractivity contribution in [3.05, 3.63) is 107 Å². The molecule has 4 heteroatoms. The number of amides is 2. The Morgan fingerprint density at radius 2 is 1.39 bits per heavy atom. The van der Waals surface area contributed by atoms with Crippen LogP contribution < -0.4 is 5.32 Å². The number of hydrogen-bond donors (Lipinski definition) is 1.